The van der Waals surface area contributed by atoms with Crippen LogP contribution >= 0.6 is 0 Å². The molecule has 1 saturated heterocycles. The molecule has 5 rings (SSSR count). The number of hydrogen-bond donors (Lipinski definition) is 3. The average molecular weight is 529 g/mol. The number of aromatic amines is 2. The van der Waals surface area contributed by atoms with Crippen molar-refractivity contribution < 1.29 is 19.1 Å². The summed E-state index contributed by atoms with van der Waals surface area (Å²) in [4.78, 5) is 42.3. The van der Waals surface area contributed by atoms with Crippen LogP contribution in [0.25, 0.3) is 33.6 Å². The van der Waals surface area contributed by atoms with E-state index in [-0.39, 0.29) is 11.9 Å². The van der Waals surface area contributed by atoms with E-state index in [1.807, 2.05) is 0 Å². The fourth-order valence-electron chi connectivity index (χ4n) is 4.95. The molecule has 3 atom stereocenters. The van der Waals surface area contributed by atoms with Crippen molar-refractivity contribution in [2.75, 3.05) is 20.8 Å². The number of rotatable bonds is 8. The molecule has 2 aromatic carbocycles. The monoisotopic (exact) mass is 528 g/mol. The van der Waals surface area contributed by atoms with Crippen molar-refractivity contribution in [3.63, 3.8) is 0 Å². The van der Waals surface area contributed by atoms with Crippen LogP contribution in [-0.2, 0) is 14.3 Å². The molecule has 0 spiro atoms. The Labute approximate surface area is 226 Å². The number of benzene rings is 2. The summed E-state index contributed by atoms with van der Waals surface area (Å²) in [5.41, 5.74) is 6.18. The van der Waals surface area contributed by atoms with Gasteiger partial charge in [0.05, 0.1) is 49.4 Å². The molecular weight excluding hydrogens is 496 g/mol. The van der Waals surface area contributed by atoms with Gasteiger partial charge in [0.2, 0.25) is 5.91 Å². The van der Waals surface area contributed by atoms with E-state index in [0.717, 1.165) is 52.3 Å². The Bertz CT molecular complexity index is 1400. The lowest BCUT2D eigenvalue weighted by atomic mass is 10.0. The van der Waals surface area contributed by atoms with E-state index in [4.69, 9.17) is 9.47 Å². The minimum Gasteiger partial charge on any atom is -0.453 e. The van der Waals surface area contributed by atoms with Gasteiger partial charge < -0.3 is 29.7 Å². The Balaban J connectivity index is 1.30. The van der Waals surface area contributed by atoms with Crippen LogP contribution in [0.3, 0.4) is 0 Å². The predicted molar refractivity (Wildman–Crippen MR) is 147 cm³/mol. The molecule has 10 heteroatoms. The number of aromatic nitrogens is 4. The number of nitrogens with one attached hydrogen (secondary N) is 3. The predicted octanol–water partition coefficient (Wildman–Crippen LogP) is 4.56. The normalized spacial score (nSPS) is 16.6. The number of likely N-dealkylation sites (tertiary alicyclic amines) is 1. The highest BCUT2D eigenvalue weighted by molar-refractivity contribution is 5.86. The third-order valence-corrected chi connectivity index (χ3v) is 7.24. The van der Waals surface area contributed by atoms with Gasteiger partial charge in [-0.15, -0.1) is 0 Å². The number of nitrogens with zero attached hydrogens (tertiary/aromatic N) is 3. The highest BCUT2D eigenvalue weighted by Crippen LogP contribution is 2.33. The van der Waals surface area contributed by atoms with E-state index in [0.29, 0.717) is 6.54 Å². The fourth-order valence-corrected chi connectivity index (χ4v) is 4.95. The topological polar surface area (TPSA) is 125 Å². The second-order valence-corrected chi connectivity index (χ2v) is 9.55. The van der Waals surface area contributed by atoms with Crippen molar-refractivity contribution in [2.24, 2.45) is 0 Å². The molecule has 0 aliphatic carbocycles. The van der Waals surface area contributed by atoms with Crippen molar-refractivity contribution in [1.82, 2.24) is 30.2 Å². The molecule has 3 N–H and O–H groups in total. The van der Waals surface area contributed by atoms with Gasteiger partial charge in [-0.2, -0.15) is 0 Å². The maximum absolute atomic E-state index is 13.4. The van der Waals surface area contributed by atoms with E-state index < -0.39 is 18.2 Å². The molecule has 2 amide bonds. The zero-order valence-electron chi connectivity index (χ0n) is 22.2. The summed E-state index contributed by atoms with van der Waals surface area (Å²) in [6, 6.07) is 15.5. The number of hydrogen-bond acceptors (Lipinski definition) is 6. The van der Waals surface area contributed by atoms with Crippen molar-refractivity contribution in [2.45, 2.75) is 38.0 Å². The molecule has 1 fully saturated rings. The molecule has 3 heterocycles. The second kappa shape index (κ2) is 11.5. The maximum atomic E-state index is 13.4. The van der Waals surface area contributed by atoms with Crippen LogP contribution in [0.15, 0.2) is 67.3 Å². The van der Waals surface area contributed by atoms with E-state index in [1.54, 1.807) is 30.5 Å². The molecular formula is C29H32N6O4. The summed E-state index contributed by atoms with van der Waals surface area (Å²) in [6.45, 7) is 2.31. The first-order valence-corrected chi connectivity index (χ1v) is 12.9. The highest BCUT2D eigenvalue weighted by atomic mass is 16.5. The number of methoxy groups -OCH3 is 2. The molecule has 2 aromatic heterocycles. The molecule has 0 bridgehead atoms. The number of alkyl carbamates (subject to hydrolysis) is 1. The van der Waals surface area contributed by atoms with Gasteiger partial charge in [0.1, 0.15) is 11.9 Å². The lowest BCUT2D eigenvalue weighted by molar-refractivity contribution is -0.137. The summed E-state index contributed by atoms with van der Waals surface area (Å²) in [5, 5.41) is 2.61. The van der Waals surface area contributed by atoms with Crippen LogP contribution in [0, 0.1) is 0 Å². The maximum Gasteiger partial charge on any atom is 0.407 e. The number of carbonyl (C=O) groups excluding carboxylic acids is 2. The van der Waals surface area contributed by atoms with Gasteiger partial charge in [0, 0.05) is 13.7 Å². The standard InChI is InChI=1S/C29H32N6O4/c1-18(38-2)26(34-29(37)39-3)28(36)35-14-4-5-25(35)27-31-16-24(33-27)22-12-8-20(9-13-22)19-6-10-21(11-7-19)23-15-30-17-32-23/h6-13,15-18,25-26H,4-5,14H2,1-3H3,(H,30,32)(H,31,33)(H,34,37). The number of ether oxygens (including phenoxy) is 2. The minimum atomic E-state index is -0.862. The Morgan fingerprint density at radius 3 is 2.21 bits per heavy atom. The molecule has 10 nitrogen and oxygen atoms in total. The fraction of sp³-hybridized carbons (Fsp3) is 0.310. The lowest BCUT2D eigenvalue weighted by Crippen LogP contribution is -2.54. The Hall–Kier alpha value is -4.44. The second-order valence-electron chi connectivity index (χ2n) is 9.55. The van der Waals surface area contributed by atoms with Crippen molar-refractivity contribution >= 4 is 12.0 Å². The molecule has 202 valence electrons. The van der Waals surface area contributed by atoms with Gasteiger partial charge in [-0.25, -0.2) is 14.8 Å². The van der Waals surface area contributed by atoms with Gasteiger partial charge in [-0.3, -0.25) is 4.79 Å². The van der Waals surface area contributed by atoms with Crippen LogP contribution < -0.4 is 5.32 Å². The highest BCUT2D eigenvalue weighted by Gasteiger charge is 2.38. The quantitative estimate of drug-likeness (QED) is 0.308. The summed E-state index contributed by atoms with van der Waals surface area (Å²) in [5.74, 6) is 0.495. The third-order valence-electron chi connectivity index (χ3n) is 7.24. The molecule has 0 saturated carbocycles. The van der Waals surface area contributed by atoms with Crippen molar-refractivity contribution in [3.05, 3.63) is 73.1 Å². The molecule has 1 aliphatic heterocycles. The number of H-pyrrole nitrogens is 2. The zero-order chi connectivity index (χ0) is 27.4. The van der Waals surface area contributed by atoms with Crippen LogP contribution in [0.2, 0.25) is 0 Å². The lowest BCUT2D eigenvalue weighted by Gasteiger charge is -2.30. The van der Waals surface area contributed by atoms with Gasteiger partial charge in [-0.05, 0) is 42.0 Å². The zero-order valence-corrected chi connectivity index (χ0v) is 22.2. The van der Waals surface area contributed by atoms with Gasteiger partial charge in [0.25, 0.3) is 0 Å². The molecule has 0 radical (unpaired) electrons. The summed E-state index contributed by atoms with van der Waals surface area (Å²) >= 11 is 0. The molecule has 1 aliphatic rings. The Morgan fingerprint density at radius 1 is 0.974 bits per heavy atom. The van der Waals surface area contributed by atoms with Crippen LogP contribution in [0.5, 0.6) is 0 Å². The number of carbonyl (C=O) groups is 2. The average Bonchev–Trinajstić information content (AvgIpc) is 3.77. The van der Waals surface area contributed by atoms with Crippen LogP contribution in [-0.4, -0.2) is 69.7 Å². The third kappa shape index (κ3) is 5.56. The number of amides is 2. The van der Waals surface area contributed by atoms with Crippen LogP contribution in [0.4, 0.5) is 4.79 Å². The van der Waals surface area contributed by atoms with Gasteiger partial charge in [0.15, 0.2) is 0 Å². The Kier molecular flexibility index (Phi) is 7.74. The summed E-state index contributed by atoms with van der Waals surface area (Å²) in [6.07, 6.45) is 5.69. The smallest absolute Gasteiger partial charge is 0.407 e. The van der Waals surface area contributed by atoms with E-state index in [2.05, 4.69) is 73.8 Å². The van der Waals surface area contributed by atoms with E-state index in [9.17, 15) is 9.59 Å². The van der Waals surface area contributed by atoms with E-state index in [1.165, 1.54) is 14.2 Å². The van der Waals surface area contributed by atoms with Crippen molar-refractivity contribution in [1.29, 1.82) is 0 Å². The van der Waals surface area contributed by atoms with E-state index >= 15 is 0 Å². The first-order valence-electron chi connectivity index (χ1n) is 12.9. The van der Waals surface area contributed by atoms with Gasteiger partial charge in [-0.1, -0.05) is 48.5 Å². The van der Waals surface area contributed by atoms with Gasteiger partial charge >= 0.3 is 6.09 Å². The first kappa shape index (κ1) is 26.2. The minimum absolute atomic E-state index is 0.218. The summed E-state index contributed by atoms with van der Waals surface area (Å²) in [7, 11) is 2.77. The SMILES string of the molecule is COC(=O)NC(C(=O)N1CCCC1c1ncc(-c2ccc(-c3ccc(-c4cnc[nH]4)cc3)cc2)[nH]1)C(C)OC. The van der Waals surface area contributed by atoms with Crippen LogP contribution in [0.1, 0.15) is 31.6 Å². The Morgan fingerprint density at radius 2 is 1.62 bits per heavy atom. The largest absolute Gasteiger partial charge is 0.453 e. The molecule has 3 unspecified atom stereocenters. The number of imidazole rings is 2. The first-order chi connectivity index (χ1) is 19.0. The summed E-state index contributed by atoms with van der Waals surface area (Å²) < 4.78 is 10.1. The molecule has 4 aromatic rings. The van der Waals surface area contributed by atoms with Crippen molar-refractivity contribution in [3.8, 4) is 33.6 Å². The molecule has 39 heavy (non-hydrogen) atoms.